The maximum Gasteiger partial charge on any atom is 0.149 e. The summed E-state index contributed by atoms with van der Waals surface area (Å²) in [5, 5.41) is 0.709. The molecule has 0 aliphatic heterocycles. The summed E-state index contributed by atoms with van der Waals surface area (Å²) < 4.78 is 13.5. The van der Waals surface area contributed by atoms with Gasteiger partial charge in [-0.3, -0.25) is 5.84 Å². The van der Waals surface area contributed by atoms with Crippen molar-refractivity contribution in [1.29, 1.82) is 0 Å². The lowest BCUT2D eigenvalue weighted by molar-refractivity contribution is 0.636. The zero-order valence-electron chi connectivity index (χ0n) is 8.63. The van der Waals surface area contributed by atoms with Crippen LogP contribution in [0.5, 0.6) is 0 Å². The lowest BCUT2D eigenvalue weighted by Crippen LogP contribution is -2.10. The highest BCUT2D eigenvalue weighted by Gasteiger charge is 2.10. The molecule has 0 amide bonds. The Morgan fingerprint density at radius 2 is 2.07 bits per heavy atom. The number of pyridine rings is 1. The summed E-state index contributed by atoms with van der Waals surface area (Å²) in [4.78, 5) is 4.21. The van der Waals surface area contributed by atoms with Crippen LogP contribution in [0.4, 0.5) is 10.1 Å². The molecule has 0 bridgehead atoms. The number of hydrogen-bond acceptors (Lipinski definition) is 3. The van der Waals surface area contributed by atoms with E-state index in [0.29, 0.717) is 10.9 Å². The van der Waals surface area contributed by atoms with Gasteiger partial charge >= 0.3 is 0 Å². The molecule has 0 spiro atoms. The predicted molar refractivity (Wildman–Crippen MR) is 59.0 cm³/mol. The van der Waals surface area contributed by atoms with E-state index in [2.05, 4.69) is 10.4 Å². The van der Waals surface area contributed by atoms with Crippen LogP contribution in [-0.4, -0.2) is 4.98 Å². The van der Waals surface area contributed by atoms with E-state index in [1.165, 1.54) is 6.07 Å². The predicted octanol–water partition coefficient (Wildman–Crippen LogP) is 2.28. The van der Waals surface area contributed by atoms with Gasteiger partial charge in [-0.2, -0.15) is 0 Å². The fraction of sp³-hybridized carbons (Fsp3) is 0.182. The largest absolute Gasteiger partial charge is 0.323 e. The summed E-state index contributed by atoms with van der Waals surface area (Å²) in [6.45, 7) is 3.74. The Morgan fingerprint density at radius 1 is 1.33 bits per heavy atom. The van der Waals surface area contributed by atoms with Gasteiger partial charge in [0.1, 0.15) is 11.3 Å². The van der Waals surface area contributed by atoms with Gasteiger partial charge in [-0.05, 0) is 25.5 Å². The van der Waals surface area contributed by atoms with Gasteiger partial charge in [0, 0.05) is 11.1 Å². The van der Waals surface area contributed by atoms with Crippen LogP contribution in [0.25, 0.3) is 10.9 Å². The number of hydrazine groups is 1. The molecule has 1 aromatic heterocycles. The molecule has 0 saturated heterocycles. The summed E-state index contributed by atoms with van der Waals surface area (Å²) in [5.74, 6) is 5.11. The number of nitrogens with two attached hydrogens (primary N) is 1. The number of anilines is 1. The molecule has 3 N–H and O–H groups in total. The van der Waals surface area contributed by atoms with E-state index in [1.807, 2.05) is 13.8 Å². The normalized spacial score (nSPS) is 10.7. The van der Waals surface area contributed by atoms with Crippen LogP contribution in [0.2, 0.25) is 0 Å². The number of para-hydroxylation sites is 1. The average molecular weight is 205 g/mol. The molecule has 4 heteroatoms. The highest BCUT2D eigenvalue weighted by Crippen LogP contribution is 2.28. The Bertz CT molecular complexity index is 523. The SMILES string of the molecule is Cc1nc2c(F)cccc2c(NN)c1C. The number of nitrogens with one attached hydrogen (secondary N) is 1. The maximum atomic E-state index is 13.5. The Kier molecular flexibility index (Phi) is 2.28. The Balaban J connectivity index is 2.94. The summed E-state index contributed by atoms with van der Waals surface area (Å²) in [5.41, 5.74) is 5.41. The number of benzene rings is 1. The first kappa shape index (κ1) is 9.86. The number of nitrogens with zero attached hydrogens (tertiary/aromatic N) is 1. The molecule has 0 fully saturated rings. The van der Waals surface area contributed by atoms with E-state index < -0.39 is 0 Å². The molecule has 0 unspecified atom stereocenters. The van der Waals surface area contributed by atoms with Gasteiger partial charge in [0.2, 0.25) is 0 Å². The third kappa shape index (κ3) is 1.43. The van der Waals surface area contributed by atoms with Crippen LogP contribution in [0.15, 0.2) is 18.2 Å². The third-order valence-electron chi connectivity index (χ3n) is 2.60. The van der Waals surface area contributed by atoms with E-state index in [4.69, 9.17) is 5.84 Å². The molecule has 3 nitrogen and oxygen atoms in total. The second-order valence-corrected chi connectivity index (χ2v) is 3.48. The Labute approximate surface area is 87.1 Å². The van der Waals surface area contributed by atoms with Crippen LogP contribution in [-0.2, 0) is 0 Å². The Morgan fingerprint density at radius 3 is 2.73 bits per heavy atom. The average Bonchev–Trinajstić information content (AvgIpc) is 2.22. The second kappa shape index (κ2) is 3.47. The van der Waals surface area contributed by atoms with Crippen molar-refractivity contribution in [3.05, 3.63) is 35.3 Å². The number of rotatable bonds is 1. The molecule has 0 radical (unpaired) electrons. The van der Waals surface area contributed by atoms with Crippen molar-refractivity contribution in [3.63, 3.8) is 0 Å². The fourth-order valence-corrected chi connectivity index (χ4v) is 1.65. The zero-order valence-corrected chi connectivity index (χ0v) is 8.63. The Hall–Kier alpha value is -1.68. The van der Waals surface area contributed by atoms with Crippen molar-refractivity contribution in [2.75, 3.05) is 5.43 Å². The highest BCUT2D eigenvalue weighted by atomic mass is 19.1. The lowest BCUT2D eigenvalue weighted by atomic mass is 10.1. The van der Waals surface area contributed by atoms with Crippen LogP contribution in [0, 0.1) is 19.7 Å². The first-order valence-electron chi connectivity index (χ1n) is 4.67. The van der Waals surface area contributed by atoms with Crippen molar-refractivity contribution in [1.82, 2.24) is 4.98 Å². The number of fused-ring (bicyclic) bond motifs is 1. The van der Waals surface area contributed by atoms with Gasteiger partial charge in [-0.1, -0.05) is 12.1 Å². The minimum atomic E-state index is -0.327. The number of nitrogen functional groups attached to an aromatic ring is 1. The first-order chi connectivity index (χ1) is 7.15. The van der Waals surface area contributed by atoms with Crippen LogP contribution in [0.3, 0.4) is 0 Å². The molecule has 0 aliphatic carbocycles. The maximum absolute atomic E-state index is 13.5. The molecule has 0 aliphatic rings. The number of aromatic nitrogens is 1. The van der Waals surface area contributed by atoms with Crippen molar-refractivity contribution >= 4 is 16.6 Å². The van der Waals surface area contributed by atoms with Crippen LogP contribution < -0.4 is 11.3 Å². The van der Waals surface area contributed by atoms with Crippen molar-refractivity contribution in [2.45, 2.75) is 13.8 Å². The molecule has 1 aromatic carbocycles. The van der Waals surface area contributed by atoms with E-state index in [1.54, 1.807) is 12.1 Å². The summed E-state index contributed by atoms with van der Waals surface area (Å²) in [6.07, 6.45) is 0. The minimum Gasteiger partial charge on any atom is -0.323 e. The summed E-state index contributed by atoms with van der Waals surface area (Å²) in [7, 11) is 0. The van der Waals surface area contributed by atoms with E-state index >= 15 is 0 Å². The molecule has 2 aromatic rings. The summed E-state index contributed by atoms with van der Waals surface area (Å²) in [6, 6.07) is 4.84. The van der Waals surface area contributed by atoms with Gasteiger partial charge in [-0.15, -0.1) is 0 Å². The topological polar surface area (TPSA) is 50.9 Å². The van der Waals surface area contributed by atoms with E-state index in [0.717, 1.165) is 16.9 Å². The van der Waals surface area contributed by atoms with Crippen molar-refractivity contribution < 1.29 is 4.39 Å². The molecule has 2 rings (SSSR count). The number of aryl methyl sites for hydroxylation is 1. The minimum absolute atomic E-state index is 0.327. The van der Waals surface area contributed by atoms with Gasteiger partial charge in [-0.25, -0.2) is 9.37 Å². The highest BCUT2D eigenvalue weighted by molar-refractivity contribution is 5.93. The van der Waals surface area contributed by atoms with Gasteiger partial charge < -0.3 is 5.43 Å². The smallest absolute Gasteiger partial charge is 0.149 e. The van der Waals surface area contributed by atoms with Gasteiger partial charge in [0.25, 0.3) is 0 Å². The number of hydrogen-bond donors (Lipinski definition) is 2. The van der Waals surface area contributed by atoms with Gasteiger partial charge in [0.05, 0.1) is 5.69 Å². The van der Waals surface area contributed by atoms with Crippen LogP contribution >= 0.6 is 0 Å². The molecule has 15 heavy (non-hydrogen) atoms. The second-order valence-electron chi connectivity index (χ2n) is 3.48. The van der Waals surface area contributed by atoms with Crippen molar-refractivity contribution in [3.8, 4) is 0 Å². The van der Waals surface area contributed by atoms with Crippen molar-refractivity contribution in [2.24, 2.45) is 5.84 Å². The third-order valence-corrected chi connectivity index (χ3v) is 2.60. The lowest BCUT2D eigenvalue weighted by Gasteiger charge is -2.11. The molecule has 78 valence electrons. The molecule has 1 heterocycles. The standard InChI is InChI=1S/C11H12FN3/c1-6-7(2)14-11-8(10(6)15-13)4-3-5-9(11)12/h3-5H,13H2,1-2H3,(H,14,15). The quantitative estimate of drug-likeness (QED) is 0.554. The first-order valence-corrected chi connectivity index (χ1v) is 4.67. The molecular weight excluding hydrogens is 193 g/mol. The monoisotopic (exact) mass is 205 g/mol. The zero-order chi connectivity index (χ0) is 11.0. The summed E-state index contributed by atoms with van der Waals surface area (Å²) >= 11 is 0. The van der Waals surface area contributed by atoms with Crippen LogP contribution in [0.1, 0.15) is 11.3 Å². The molecule has 0 saturated carbocycles. The molecule has 0 atom stereocenters. The van der Waals surface area contributed by atoms with E-state index in [9.17, 15) is 4.39 Å². The number of halogens is 1. The van der Waals surface area contributed by atoms with E-state index in [-0.39, 0.29) is 5.82 Å². The fourth-order valence-electron chi connectivity index (χ4n) is 1.65. The molecular formula is C11H12FN3. The van der Waals surface area contributed by atoms with Gasteiger partial charge in [0.15, 0.2) is 0 Å².